The van der Waals surface area contributed by atoms with Crippen molar-refractivity contribution in [2.45, 2.75) is 25.3 Å². The summed E-state index contributed by atoms with van der Waals surface area (Å²) in [5, 5.41) is 3.53. The van der Waals surface area contributed by atoms with E-state index in [-0.39, 0.29) is 0 Å². The molecule has 1 unspecified atom stereocenters. The molecule has 1 aliphatic rings. The highest BCUT2D eigenvalue weighted by Gasteiger charge is 2.11. The first kappa shape index (κ1) is 10.4. The minimum absolute atomic E-state index is 0.764. The number of thioether (sulfide) groups is 1. The predicted octanol–water partition coefficient (Wildman–Crippen LogP) is 1.51. The van der Waals surface area contributed by atoms with Crippen LogP contribution >= 0.6 is 11.8 Å². The number of piperidine rings is 1. The third kappa shape index (κ3) is 4.33. The molecule has 0 spiro atoms. The molecule has 1 atom stereocenters. The Balaban J connectivity index is 1.91. The first-order chi connectivity index (χ1) is 5.93. The van der Waals surface area contributed by atoms with Crippen LogP contribution in [-0.4, -0.2) is 37.8 Å². The molecule has 1 N–H and O–H groups in total. The number of hydrogen-bond acceptors (Lipinski definition) is 3. The second kappa shape index (κ2) is 6.75. The van der Waals surface area contributed by atoms with Gasteiger partial charge in [0.15, 0.2) is 0 Å². The van der Waals surface area contributed by atoms with Crippen molar-refractivity contribution in [2.24, 2.45) is 0 Å². The van der Waals surface area contributed by atoms with Gasteiger partial charge < -0.3 is 10.1 Å². The van der Waals surface area contributed by atoms with Crippen molar-refractivity contribution in [3.63, 3.8) is 0 Å². The third-order valence-electron chi connectivity index (χ3n) is 2.16. The van der Waals surface area contributed by atoms with Crippen LogP contribution in [0.1, 0.15) is 19.3 Å². The Morgan fingerprint density at radius 3 is 3.08 bits per heavy atom. The lowest BCUT2D eigenvalue weighted by atomic mass is 10.1. The summed E-state index contributed by atoms with van der Waals surface area (Å²) in [5.74, 6) is 2.39. The Bertz CT molecular complexity index is 105. The molecule has 0 aromatic rings. The van der Waals surface area contributed by atoms with Gasteiger partial charge in [0.2, 0.25) is 0 Å². The van der Waals surface area contributed by atoms with Gasteiger partial charge in [-0.05, 0) is 19.4 Å². The van der Waals surface area contributed by atoms with Crippen LogP contribution in [0.4, 0.5) is 0 Å². The van der Waals surface area contributed by atoms with Crippen LogP contribution in [0.15, 0.2) is 0 Å². The number of methoxy groups -OCH3 is 1. The van der Waals surface area contributed by atoms with Gasteiger partial charge in [0.25, 0.3) is 0 Å². The van der Waals surface area contributed by atoms with Gasteiger partial charge in [-0.2, -0.15) is 11.8 Å². The third-order valence-corrected chi connectivity index (χ3v) is 3.26. The van der Waals surface area contributed by atoms with Crippen LogP contribution < -0.4 is 5.32 Å². The summed E-state index contributed by atoms with van der Waals surface area (Å²) in [6.07, 6.45) is 4.13. The van der Waals surface area contributed by atoms with Crippen molar-refractivity contribution in [1.29, 1.82) is 0 Å². The maximum atomic E-state index is 4.99. The van der Waals surface area contributed by atoms with E-state index in [1.54, 1.807) is 7.11 Å². The molecule has 0 aromatic heterocycles. The van der Waals surface area contributed by atoms with Crippen molar-refractivity contribution in [3.05, 3.63) is 0 Å². The quantitative estimate of drug-likeness (QED) is 0.662. The molecule has 12 heavy (non-hydrogen) atoms. The number of ether oxygens (including phenoxy) is 1. The molecule has 1 saturated heterocycles. The van der Waals surface area contributed by atoms with Crippen molar-refractivity contribution < 1.29 is 4.74 Å². The molecule has 0 aromatic carbocycles. The van der Waals surface area contributed by atoms with E-state index in [0.29, 0.717) is 0 Å². The van der Waals surface area contributed by atoms with E-state index in [2.05, 4.69) is 5.32 Å². The van der Waals surface area contributed by atoms with Crippen LogP contribution in [0.2, 0.25) is 0 Å². The smallest absolute Gasteiger partial charge is 0.0552 e. The van der Waals surface area contributed by atoms with Gasteiger partial charge in [-0.1, -0.05) is 6.42 Å². The molecule has 72 valence electrons. The zero-order valence-corrected chi connectivity index (χ0v) is 8.66. The summed E-state index contributed by atoms with van der Waals surface area (Å²) < 4.78 is 4.99. The predicted molar refractivity (Wildman–Crippen MR) is 54.8 cm³/mol. The van der Waals surface area contributed by atoms with Crippen LogP contribution in [0.3, 0.4) is 0 Å². The van der Waals surface area contributed by atoms with Crippen molar-refractivity contribution in [1.82, 2.24) is 5.32 Å². The average Bonchev–Trinajstić information content (AvgIpc) is 2.14. The van der Waals surface area contributed by atoms with Gasteiger partial charge in [0, 0.05) is 24.7 Å². The highest BCUT2D eigenvalue weighted by atomic mass is 32.2. The summed E-state index contributed by atoms with van der Waals surface area (Å²) in [6, 6.07) is 0.764. The molecule has 1 fully saturated rings. The second-order valence-electron chi connectivity index (χ2n) is 3.21. The monoisotopic (exact) mass is 189 g/mol. The van der Waals surface area contributed by atoms with Crippen LogP contribution in [0, 0.1) is 0 Å². The largest absolute Gasteiger partial charge is 0.384 e. The van der Waals surface area contributed by atoms with Crippen molar-refractivity contribution in [3.8, 4) is 0 Å². The fourth-order valence-corrected chi connectivity index (χ4v) is 2.45. The normalized spacial score (nSPS) is 24.2. The summed E-state index contributed by atoms with van der Waals surface area (Å²) in [5.41, 5.74) is 0. The number of hydrogen-bond donors (Lipinski definition) is 1. The van der Waals surface area contributed by atoms with Crippen molar-refractivity contribution >= 4 is 11.8 Å². The van der Waals surface area contributed by atoms with Gasteiger partial charge in [-0.15, -0.1) is 0 Å². The van der Waals surface area contributed by atoms with Gasteiger partial charge in [-0.25, -0.2) is 0 Å². The molecule has 0 radical (unpaired) electrons. The van der Waals surface area contributed by atoms with Crippen LogP contribution in [0.5, 0.6) is 0 Å². The molecule has 0 aliphatic carbocycles. The van der Waals surface area contributed by atoms with E-state index in [0.717, 1.165) is 18.4 Å². The van der Waals surface area contributed by atoms with E-state index >= 15 is 0 Å². The first-order valence-corrected chi connectivity index (χ1v) is 5.89. The summed E-state index contributed by atoms with van der Waals surface area (Å²) in [7, 11) is 1.76. The lowest BCUT2D eigenvalue weighted by Crippen LogP contribution is -2.35. The molecule has 1 heterocycles. The summed E-state index contributed by atoms with van der Waals surface area (Å²) in [6.45, 7) is 2.10. The average molecular weight is 189 g/mol. The topological polar surface area (TPSA) is 21.3 Å². The Labute approximate surface area is 79.4 Å². The lowest BCUT2D eigenvalue weighted by Gasteiger charge is -2.22. The first-order valence-electron chi connectivity index (χ1n) is 4.73. The second-order valence-corrected chi connectivity index (χ2v) is 4.36. The van der Waals surface area contributed by atoms with E-state index in [4.69, 9.17) is 4.74 Å². The molecular formula is C9H19NOS. The maximum absolute atomic E-state index is 4.99. The van der Waals surface area contributed by atoms with Gasteiger partial charge in [-0.3, -0.25) is 0 Å². The Hall–Kier alpha value is 0.270. The molecule has 3 heteroatoms. The molecular weight excluding hydrogens is 170 g/mol. The lowest BCUT2D eigenvalue weighted by molar-refractivity contribution is 0.218. The number of nitrogens with one attached hydrogen (secondary N) is 1. The van der Waals surface area contributed by atoms with Gasteiger partial charge in [0.1, 0.15) is 0 Å². The van der Waals surface area contributed by atoms with E-state index in [1.807, 2.05) is 11.8 Å². The highest BCUT2D eigenvalue weighted by molar-refractivity contribution is 7.99. The fourth-order valence-electron chi connectivity index (χ4n) is 1.43. The summed E-state index contributed by atoms with van der Waals surface area (Å²) >= 11 is 2.00. The molecule has 2 nitrogen and oxygen atoms in total. The molecule has 1 rings (SSSR count). The highest BCUT2D eigenvalue weighted by Crippen LogP contribution is 2.12. The Morgan fingerprint density at radius 2 is 2.42 bits per heavy atom. The minimum Gasteiger partial charge on any atom is -0.384 e. The zero-order chi connectivity index (χ0) is 8.65. The fraction of sp³-hybridized carbons (Fsp3) is 1.00. The standard InChI is InChI=1S/C9H19NOS/c1-11-6-7-12-8-9-4-2-3-5-10-9/h9-10H,2-8H2,1H3. The zero-order valence-electron chi connectivity index (χ0n) is 7.84. The molecule has 0 bridgehead atoms. The Kier molecular flexibility index (Phi) is 5.82. The molecule has 1 aliphatic heterocycles. The van der Waals surface area contributed by atoms with Gasteiger partial charge >= 0.3 is 0 Å². The van der Waals surface area contributed by atoms with Crippen LogP contribution in [-0.2, 0) is 4.74 Å². The SMILES string of the molecule is COCCSCC1CCCCN1. The summed E-state index contributed by atoms with van der Waals surface area (Å²) in [4.78, 5) is 0. The minimum atomic E-state index is 0.764. The van der Waals surface area contributed by atoms with E-state index in [1.165, 1.54) is 31.6 Å². The maximum Gasteiger partial charge on any atom is 0.0552 e. The number of rotatable bonds is 5. The molecule has 0 saturated carbocycles. The van der Waals surface area contributed by atoms with E-state index in [9.17, 15) is 0 Å². The van der Waals surface area contributed by atoms with Gasteiger partial charge in [0.05, 0.1) is 6.61 Å². The Morgan fingerprint density at radius 1 is 1.50 bits per heavy atom. The van der Waals surface area contributed by atoms with Crippen molar-refractivity contribution in [2.75, 3.05) is 31.8 Å². The van der Waals surface area contributed by atoms with E-state index < -0.39 is 0 Å². The van der Waals surface area contributed by atoms with Crippen LogP contribution in [0.25, 0.3) is 0 Å². The molecule has 0 amide bonds.